The van der Waals surface area contributed by atoms with E-state index >= 15 is 0 Å². The Morgan fingerprint density at radius 2 is 2.04 bits per heavy atom. The summed E-state index contributed by atoms with van der Waals surface area (Å²) in [5.74, 6) is -0.632. The lowest BCUT2D eigenvalue weighted by molar-refractivity contribution is 0.0694. The highest BCUT2D eigenvalue weighted by atomic mass is 16.5. The van der Waals surface area contributed by atoms with E-state index in [1.807, 2.05) is 18.4 Å². The maximum absolute atomic E-state index is 12.2. The van der Waals surface area contributed by atoms with Crippen LogP contribution in [0.4, 0.5) is 0 Å². The molecule has 0 saturated carbocycles. The largest absolute Gasteiger partial charge is 0.504 e. The van der Waals surface area contributed by atoms with Crippen molar-refractivity contribution < 1.29 is 19.7 Å². The van der Waals surface area contributed by atoms with E-state index < -0.39 is 11.4 Å². The van der Waals surface area contributed by atoms with Gasteiger partial charge in [-0.25, -0.2) is 4.79 Å². The van der Waals surface area contributed by atoms with Crippen LogP contribution in [-0.4, -0.2) is 27.9 Å². The zero-order valence-corrected chi connectivity index (χ0v) is 13.7. The molecule has 0 spiro atoms. The Morgan fingerprint density at radius 1 is 1.33 bits per heavy atom. The molecular weight excluding hydrogens is 310 g/mol. The van der Waals surface area contributed by atoms with E-state index in [2.05, 4.69) is 0 Å². The van der Waals surface area contributed by atoms with Gasteiger partial charge in [0, 0.05) is 23.9 Å². The van der Waals surface area contributed by atoms with Crippen molar-refractivity contribution >= 4 is 5.97 Å². The van der Waals surface area contributed by atoms with Gasteiger partial charge in [0.1, 0.15) is 5.56 Å². The predicted octanol–water partition coefficient (Wildman–Crippen LogP) is 2.68. The quantitative estimate of drug-likeness (QED) is 0.904. The predicted molar refractivity (Wildman–Crippen MR) is 88.9 cm³/mol. The van der Waals surface area contributed by atoms with Gasteiger partial charge < -0.3 is 19.5 Å². The lowest BCUT2D eigenvalue weighted by Gasteiger charge is -2.33. The second kappa shape index (κ2) is 5.70. The third kappa shape index (κ3) is 2.44. The van der Waals surface area contributed by atoms with Crippen LogP contribution in [0.2, 0.25) is 0 Å². The number of carboxylic acids is 1. The minimum absolute atomic E-state index is 0.000931. The molecule has 0 fully saturated rings. The number of aromatic nitrogens is 1. The summed E-state index contributed by atoms with van der Waals surface area (Å²) in [7, 11) is 1.46. The molecular formula is C18H19NO5. The zero-order chi connectivity index (χ0) is 17.6. The van der Waals surface area contributed by atoms with Crippen molar-refractivity contribution in [3.8, 4) is 22.8 Å². The van der Waals surface area contributed by atoms with Crippen molar-refractivity contribution in [1.29, 1.82) is 0 Å². The number of carbonyl (C=O) groups is 1. The fourth-order valence-corrected chi connectivity index (χ4v) is 3.26. The highest BCUT2D eigenvalue weighted by Crippen LogP contribution is 2.42. The lowest BCUT2D eigenvalue weighted by atomic mass is 9.87. The Bertz CT molecular complexity index is 882. The first-order valence-electron chi connectivity index (χ1n) is 7.73. The number of pyridine rings is 1. The molecule has 1 unspecified atom stereocenters. The van der Waals surface area contributed by atoms with Crippen LogP contribution >= 0.6 is 0 Å². The molecule has 1 aliphatic heterocycles. The van der Waals surface area contributed by atoms with Crippen LogP contribution in [0.3, 0.4) is 0 Å². The molecule has 0 saturated heterocycles. The number of ether oxygens (including phenoxy) is 1. The Hall–Kier alpha value is -2.76. The van der Waals surface area contributed by atoms with Crippen molar-refractivity contribution in [3.05, 3.63) is 45.7 Å². The van der Waals surface area contributed by atoms with E-state index in [-0.39, 0.29) is 23.3 Å². The number of phenolic OH excluding ortho intramolecular Hbond substituents is 1. The van der Waals surface area contributed by atoms with Gasteiger partial charge in [0.05, 0.1) is 12.8 Å². The van der Waals surface area contributed by atoms with E-state index in [9.17, 15) is 19.8 Å². The summed E-state index contributed by atoms with van der Waals surface area (Å²) in [5.41, 5.74) is 1.56. The van der Waals surface area contributed by atoms with Gasteiger partial charge in [-0.15, -0.1) is 0 Å². The standard InChI is InChI=1S/C18H19NO5/c1-9(2)13-4-10-5-16(21)17(24-3)6-11(10)14-7-15(20)12(18(22)23)8-19(13)14/h5-9,13,21H,4H2,1-3H3,(H,22,23). The fourth-order valence-electron chi connectivity index (χ4n) is 3.26. The smallest absolute Gasteiger partial charge is 0.341 e. The van der Waals surface area contributed by atoms with Crippen LogP contribution in [-0.2, 0) is 6.42 Å². The van der Waals surface area contributed by atoms with Gasteiger partial charge in [0.15, 0.2) is 16.9 Å². The van der Waals surface area contributed by atoms with Crippen LogP contribution in [0, 0.1) is 5.92 Å². The Morgan fingerprint density at radius 3 is 2.62 bits per heavy atom. The molecule has 2 N–H and O–H groups in total. The molecule has 1 aromatic carbocycles. The Labute approximate surface area is 138 Å². The summed E-state index contributed by atoms with van der Waals surface area (Å²) in [5, 5.41) is 19.3. The maximum Gasteiger partial charge on any atom is 0.341 e. The van der Waals surface area contributed by atoms with Gasteiger partial charge in [0.2, 0.25) is 0 Å². The number of fused-ring (bicyclic) bond motifs is 3. The molecule has 0 aliphatic carbocycles. The van der Waals surface area contributed by atoms with Gasteiger partial charge >= 0.3 is 5.97 Å². The van der Waals surface area contributed by atoms with E-state index in [1.54, 1.807) is 12.1 Å². The number of phenols is 1. The summed E-state index contributed by atoms with van der Waals surface area (Å²) in [6.07, 6.45) is 2.06. The molecule has 6 nitrogen and oxygen atoms in total. The Kier molecular flexibility index (Phi) is 3.83. The number of rotatable bonds is 3. The molecule has 126 valence electrons. The molecule has 6 heteroatoms. The molecule has 1 aromatic heterocycles. The SMILES string of the molecule is COc1cc2c(cc1O)CC(C(C)C)n1cc(C(=O)O)c(=O)cc1-2. The highest BCUT2D eigenvalue weighted by Gasteiger charge is 2.29. The summed E-state index contributed by atoms with van der Waals surface area (Å²) in [4.78, 5) is 23.5. The van der Waals surface area contributed by atoms with E-state index in [4.69, 9.17) is 4.74 Å². The molecule has 3 rings (SSSR count). The zero-order valence-electron chi connectivity index (χ0n) is 13.7. The van der Waals surface area contributed by atoms with Crippen LogP contribution in [0.1, 0.15) is 35.8 Å². The van der Waals surface area contributed by atoms with Crippen molar-refractivity contribution in [1.82, 2.24) is 4.57 Å². The van der Waals surface area contributed by atoms with Crippen molar-refractivity contribution in [2.75, 3.05) is 7.11 Å². The molecule has 24 heavy (non-hydrogen) atoms. The van der Waals surface area contributed by atoms with Crippen molar-refractivity contribution in [3.63, 3.8) is 0 Å². The normalized spacial score (nSPS) is 15.8. The number of aromatic carboxylic acids is 1. The van der Waals surface area contributed by atoms with Crippen molar-refractivity contribution in [2.24, 2.45) is 5.92 Å². The number of benzene rings is 1. The minimum atomic E-state index is -1.23. The van der Waals surface area contributed by atoms with Crippen LogP contribution < -0.4 is 10.2 Å². The van der Waals surface area contributed by atoms with Gasteiger partial charge in [0.25, 0.3) is 0 Å². The number of carboxylic acid groups (broad SMARTS) is 1. The molecule has 1 atom stereocenters. The van der Waals surface area contributed by atoms with Gasteiger partial charge in [-0.05, 0) is 30.0 Å². The van der Waals surface area contributed by atoms with Crippen LogP contribution in [0.5, 0.6) is 11.5 Å². The number of nitrogens with zero attached hydrogens (tertiary/aromatic N) is 1. The average Bonchev–Trinajstić information content (AvgIpc) is 2.52. The third-order valence-electron chi connectivity index (χ3n) is 4.55. The average molecular weight is 329 g/mol. The lowest BCUT2D eigenvalue weighted by Crippen LogP contribution is -2.28. The maximum atomic E-state index is 12.2. The van der Waals surface area contributed by atoms with Gasteiger partial charge in [-0.2, -0.15) is 0 Å². The van der Waals surface area contributed by atoms with Crippen molar-refractivity contribution in [2.45, 2.75) is 26.3 Å². The van der Waals surface area contributed by atoms with E-state index in [1.165, 1.54) is 19.4 Å². The second-order valence-corrected chi connectivity index (χ2v) is 6.35. The molecule has 2 heterocycles. The third-order valence-corrected chi connectivity index (χ3v) is 4.55. The van der Waals surface area contributed by atoms with E-state index in [0.29, 0.717) is 17.9 Å². The van der Waals surface area contributed by atoms with E-state index in [0.717, 1.165) is 11.1 Å². The van der Waals surface area contributed by atoms with Gasteiger partial charge in [-0.1, -0.05) is 13.8 Å². The monoisotopic (exact) mass is 329 g/mol. The first kappa shape index (κ1) is 16.1. The first-order chi connectivity index (χ1) is 11.3. The second-order valence-electron chi connectivity index (χ2n) is 6.35. The van der Waals surface area contributed by atoms with Crippen LogP contribution in [0.25, 0.3) is 11.3 Å². The minimum Gasteiger partial charge on any atom is -0.504 e. The molecule has 1 aliphatic rings. The molecule has 2 aromatic rings. The topological polar surface area (TPSA) is 88.8 Å². The Balaban J connectivity index is 2.32. The number of hydrogen-bond acceptors (Lipinski definition) is 4. The fraction of sp³-hybridized carbons (Fsp3) is 0.333. The van der Waals surface area contributed by atoms with Gasteiger partial charge in [-0.3, -0.25) is 4.79 Å². The van der Waals surface area contributed by atoms with Crippen LogP contribution in [0.15, 0.2) is 29.2 Å². The summed E-state index contributed by atoms with van der Waals surface area (Å²) < 4.78 is 7.02. The summed E-state index contributed by atoms with van der Waals surface area (Å²) >= 11 is 0. The number of aromatic hydroxyl groups is 1. The summed E-state index contributed by atoms with van der Waals surface area (Å²) in [6, 6.07) is 4.70. The number of methoxy groups -OCH3 is 1. The first-order valence-corrected chi connectivity index (χ1v) is 7.73. The highest BCUT2D eigenvalue weighted by molar-refractivity contribution is 5.87. The molecule has 0 amide bonds. The molecule has 0 radical (unpaired) electrons. The molecule has 0 bridgehead atoms. The number of hydrogen-bond donors (Lipinski definition) is 2. The summed E-state index contributed by atoms with van der Waals surface area (Å²) in [6.45, 7) is 4.09.